The molecular weight excluding hydrogens is 384 g/mol. The average molecular weight is 409 g/mol. The predicted octanol–water partition coefficient (Wildman–Crippen LogP) is 4.73. The first kappa shape index (κ1) is 19.5. The molecule has 2 heterocycles. The zero-order valence-electron chi connectivity index (χ0n) is 16.6. The SMILES string of the molecule is COc1cccc(/C=C/C(=O)N2CCC[C@@H](c3nc4ccccc4s3)C2)c1OC. The molecule has 0 saturated carbocycles. The molecule has 3 aromatic rings. The van der Waals surface area contributed by atoms with Gasteiger partial charge in [0.1, 0.15) is 0 Å². The fraction of sp³-hybridized carbons (Fsp3) is 0.304. The van der Waals surface area contributed by atoms with Gasteiger partial charge in [0, 0.05) is 30.6 Å². The Morgan fingerprint density at radius 3 is 2.83 bits per heavy atom. The molecule has 29 heavy (non-hydrogen) atoms. The molecule has 1 saturated heterocycles. The lowest BCUT2D eigenvalue weighted by molar-refractivity contribution is -0.127. The van der Waals surface area contributed by atoms with E-state index in [2.05, 4.69) is 6.07 Å². The Hall–Kier alpha value is -2.86. The number of carbonyl (C=O) groups excluding carboxylic acids is 1. The van der Waals surface area contributed by atoms with Gasteiger partial charge in [-0.3, -0.25) is 4.79 Å². The van der Waals surface area contributed by atoms with Crippen molar-refractivity contribution < 1.29 is 14.3 Å². The lowest BCUT2D eigenvalue weighted by Gasteiger charge is -2.31. The van der Waals surface area contributed by atoms with Crippen LogP contribution in [0.15, 0.2) is 48.5 Å². The third-order valence-corrected chi connectivity index (χ3v) is 6.43. The number of hydrogen-bond acceptors (Lipinski definition) is 5. The summed E-state index contributed by atoms with van der Waals surface area (Å²) in [5.41, 5.74) is 1.86. The Morgan fingerprint density at radius 1 is 1.17 bits per heavy atom. The van der Waals surface area contributed by atoms with Crippen LogP contribution >= 0.6 is 11.3 Å². The number of para-hydroxylation sites is 2. The van der Waals surface area contributed by atoms with Gasteiger partial charge in [-0.15, -0.1) is 11.3 Å². The summed E-state index contributed by atoms with van der Waals surface area (Å²) in [6, 6.07) is 13.8. The number of ether oxygens (including phenoxy) is 2. The predicted molar refractivity (Wildman–Crippen MR) is 117 cm³/mol. The van der Waals surface area contributed by atoms with Crippen molar-refractivity contribution in [1.29, 1.82) is 0 Å². The van der Waals surface area contributed by atoms with E-state index in [4.69, 9.17) is 14.5 Å². The standard InChI is InChI=1S/C23H24N2O3S/c1-27-19-10-5-7-16(22(19)28-2)12-13-21(26)25-14-6-8-17(15-25)23-24-18-9-3-4-11-20(18)29-23/h3-5,7,9-13,17H,6,8,14-15H2,1-2H3/b13-12+/t17-/m1/s1. The van der Waals surface area contributed by atoms with E-state index in [1.807, 2.05) is 41.3 Å². The van der Waals surface area contributed by atoms with Crippen molar-refractivity contribution in [3.8, 4) is 11.5 Å². The normalized spacial score (nSPS) is 17.0. The lowest BCUT2D eigenvalue weighted by atomic mass is 9.98. The van der Waals surface area contributed by atoms with E-state index in [0.29, 0.717) is 24.0 Å². The number of hydrogen-bond donors (Lipinski definition) is 0. The van der Waals surface area contributed by atoms with Crippen molar-refractivity contribution in [3.05, 3.63) is 59.1 Å². The third kappa shape index (κ3) is 4.12. The number of rotatable bonds is 5. The van der Waals surface area contributed by atoms with Gasteiger partial charge in [0.25, 0.3) is 0 Å². The van der Waals surface area contributed by atoms with Gasteiger partial charge in [0.05, 0.1) is 29.4 Å². The summed E-state index contributed by atoms with van der Waals surface area (Å²) >= 11 is 1.74. The van der Waals surface area contributed by atoms with Crippen molar-refractivity contribution in [3.63, 3.8) is 0 Å². The second-order valence-electron chi connectivity index (χ2n) is 7.06. The van der Waals surface area contributed by atoms with Gasteiger partial charge < -0.3 is 14.4 Å². The number of methoxy groups -OCH3 is 2. The van der Waals surface area contributed by atoms with Crippen LogP contribution in [0.1, 0.15) is 29.3 Å². The maximum Gasteiger partial charge on any atom is 0.246 e. The smallest absolute Gasteiger partial charge is 0.246 e. The molecule has 5 nitrogen and oxygen atoms in total. The van der Waals surface area contributed by atoms with Crippen LogP contribution in [-0.2, 0) is 4.79 Å². The minimum absolute atomic E-state index is 0.0145. The molecule has 0 radical (unpaired) electrons. The minimum atomic E-state index is 0.0145. The van der Waals surface area contributed by atoms with E-state index in [-0.39, 0.29) is 5.91 Å². The van der Waals surface area contributed by atoms with E-state index in [1.54, 1.807) is 37.7 Å². The van der Waals surface area contributed by atoms with Crippen molar-refractivity contribution in [1.82, 2.24) is 9.88 Å². The summed E-state index contributed by atoms with van der Waals surface area (Å²) in [5.74, 6) is 1.59. The molecular formula is C23H24N2O3S. The van der Waals surface area contributed by atoms with E-state index < -0.39 is 0 Å². The molecule has 150 valence electrons. The molecule has 1 amide bonds. The molecule has 0 aliphatic carbocycles. The van der Waals surface area contributed by atoms with Crippen LogP contribution in [0.5, 0.6) is 11.5 Å². The molecule has 1 fully saturated rings. The molecule has 6 heteroatoms. The number of aromatic nitrogens is 1. The van der Waals surface area contributed by atoms with Crippen molar-refractivity contribution in [2.24, 2.45) is 0 Å². The van der Waals surface area contributed by atoms with E-state index in [9.17, 15) is 4.79 Å². The van der Waals surface area contributed by atoms with Crippen molar-refractivity contribution >= 4 is 33.5 Å². The van der Waals surface area contributed by atoms with Crippen LogP contribution < -0.4 is 9.47 Å². The highest BCUT2D eigenvalue weighted by Crippen LogP contribution is 2.34. The van der Waals surface area contributed by atoms with Crippen LogP contribution in [0.2, 0.25) is 0 Å². The number of thiazole rings is 1. The number of nitrogens with zero attached hydrogens (tertiary/aromatic N) is 2. The number of fused-ring (bicyclic) bond motifs is 1. The molecule has 1 aliphatic heterocycles. The van der Waals surface area contributed by atoms with Crippen LogP contribution in [0, 0.1) is 0 Å². The molecule has 0 N–H and O–H groups in total. The Labute approximate surface area is 174 Å². The Balaban J connectivity index is 1.48. The van der Waals surface area contributed by atoms with E-state index in [1.165, 1.54) is 4.70 Å². The number of benzene rings is 2. The van der Waals surface area contributed by atoms with Gasteiger partial charge in [-0.05, 0) is 37.1 Å². The van der Waals surface area contributed by atoms with Gasteiger partial charge >= 0.3 is 0 Å². The monoisotopic (exact) mass is 408 g/mol. The first-order chi connectivity index (χ1) is 14.2. The number of carbonyl (C=O) groups is 1. The highest BCUT2D eigenvalue weighted by atomic mass is 32.1. The maximum absolute atomic E-state index is 12.8. The van der Waals surface area contributed by atoms with Gasteiger partial charge in [0.2, 0.25) is 5.91 Å². The molecule has 4 rings (SSSR count). The molecule has 1 aliphatic rings. The summed E-state index contributed by atoms with van der Waals surface area (Å²) < 4.78 is 12.0. The van der Waals surface area contributed by atoms with Gasteiger partial charge in [-0.1, -0.05) is 24.3 Å². The van der Waals surface area contributed by atoms with Gasteiger partial charge in [-0.2, -0.15) is 0 Å². The van der Waals surface area contributed by atoms with Gasteiger partial charge in [-0.25, -0.2) is 4.98 Å². The minimum Gasteiger partial charge on any atom is -0.493 e. The zero-order valence-corrected chi connectivity index (χ0v) is 17.4. The second-order valence-corrected chi connectivity index (χ2v) is 8.12. The fourth-order valence-corrected chi connectivity index (χ4v) is 4.85. The first-order valence-electron chi connectivity index (χ1n) is 9.73. The topological polar surface area (TPSA) is 51.7 Å². The zero-order chi connectivity index (χ0) is 20.2. The van der Waals surface area contributed by atoms with Crippen LogP contribution in [0.3, 0.4) is 0 Å². The summed E-state index contributed by atoms with van der Waals surface area (Å²) in [6.45, 7) is 1.48. The highest BCUT2D eigenvalue weighted by molar-refractivity contribution is 7.18. The third-order valence-electron chi connectivity index (χ3n) is 5.23. The maximum atomic E-state index is 12.8. The highest BCUT2D eigenvalue weighted by Gasteiger charge is 2.26. The molecule has 0 unspecified atom stereocenters. The van der Waals surface area contributed by atoms with Gasteiger partial charge in [0.15, 0.2) is 11.5 Å². The summed E-state index contributed by atoms with van der Waals surface area (Å²) in [7, 11) is 3.21. The Morgan fingerprint density at radius 2 is 2.03 bits per heavy atom. The van der Waals surface area contributed by atoms with Crippen molar-refractivity contribution in [2.75, 3.05) is 27.3 Å². The Kier molecular flexibility index (Phi) is 5.81. The van der Waals surface area contributed by atoms with Crippen LogP contribution in [-0.4, -0.2) is 43.1 Å². The number of likely N-dealkylation sites (tertiary alicyclic amines) is 1. The largest absolute Gasteiger partial charge is 0.493 e. The number of piperidine rings is 1. The van der Waals surface area contributed by atoms with E-state index in [0.717, 1.165) is 35.5 Å². The molecule has 2 aromatic carbocycles. The summed E-state index contributed by atoms with van der Waals surface area (Å²) in [6.07, 6.45) is 5.47. The first-order valence-corrected chi connectivity index (χ1v) is 10.5. The molecule has 0 bridgehead atoms. The van der Waals surface area contributed by atoms with Crippen molar-refractivity contribution in [2.45, 2.75) is 18.8 Å². The Bertz CT molecular complexity index is 1010. The fourth-order valence-electron chi connectivity index (χ4n) is 3.75. The summed E-state index contributed by atoms with van der Waals surface area (Å²) in [4.78, 5) is 19.5. The molecule has 0 spiro atoms. The second kappa shape index (κ2) is 8.66. The van der Waals surface area contributed by atoms with Crippen LogP contribution in [0.25, 0.3) is 16.3 Å². The number of amides is 1. The lowest BCUT2D eigenvalue weighted by Crippen LogP contribution is -2.38. The summed E-state index contributed by atoms with van der Waals surface area (Å²) in [5, 5.41) is 1.13. The van der Waals surface area contributed by atoms with Crippen LogP contribution in [0.4, 0.5) is 0 Å². The van der Waals surface area contributed by atoms with E-state index >= 15 is 0 Å². The average Bonchev–Trinajstić information content (AvgIpc) is 3.21. The molecule has 1 atom stereocenters. The molecule has 1 aromatic heterocycles. The quantitative estimate of drug-likeness (QED) is 0.573.